The molecular formula is C17H23N5O2. The van der Waals surface area contributed by atoms with Crippen molar-refractivity contribution in [1.29, 1.82) is 0 Å². The highest BCUT2D eigenvalue weighted by atomic mass is 16.3. The highest BCUT2D eigenvalue weighted by Crippen LogP contribution is 2.28. The third-order valence-electron chi connectivity index (χ3n) is 5.24. The molecule has 1 amide bonds. The zero-order valence-corrected chi connectivity index (χ0v) is 14.2. The van der Waals surface area contributed by atoms with E-state index in [1.54, 1.807) is 12.3 Å². The molecule has 0 atom stereocenters. The lowest BCUT2D eigenvalue weighted by atomic mass is 9.96. The Morgan fingerprint density at radius 2 is 2.00 bits per heavy atom. The van der Waals surface area contributed by atoms with Crippen molar-refractivity contribution in [3.63, 3.8) is 0 Å². The molecule has 4 rings (SSSR count). The van der Waals surface area contributed by atoms with Crippen LogP contribution in [0.25, 0.3) is 0 Å². The van der Waals surface area contributed by atoms with Crippen LogP contribution in [0.1, 0.15) is 46.5 Å². The van der Waals surface area contributed by atoms with Gasteiger partial charge in [0.05, 0.1) is 18.4 Å². The minimum atomic E-state index is 0.0105. The fourth-order valence-electron chi connectivity index (χ4n) is 3.70. The fourth-order valence-corrected chi connectivity index (χ4v) is 3.70. The first kappa shape index (κ1) is 15.4. The van der Waals surface area contributed by atoms with Gasteiger partial charge in [0.1, 0.15) is 11.6 Å². The van der Waals surface area contributed by atoms with Crippen LogP contribution in [0, 0.1) is 6.92 Å². The molecule has 128 valence electrons. The zero-order valence-electron chi connectivity index (χ0n) is 14.2. The Morgan fingerprint density at radius 1 is 1.21 bits per heavy atom. The van der Waals surface area contributed by atoms with E-state index in [-0.39, 0.29) is 5.91 Å². The summed E-state index contributed by atoms with van der Waals surface area (Å²) < 4.78 is 7.48. The van der Waals surface area contributed by atoms with Crippen molar-refractivity contribution in [3.8, 4) is 0 Å². The summed E-state index contributed by atoms with van der Waals surface area (Å²) in [6.45, 7) is 6.01. The number of hydrogen-bond acceptors (Lipinski definition) is 5. The summed E-state index contributed by atoms with van der Waals surface area (Å²) >= 11 is 0. The van der Waals surface area contributed by atoms with Gasteiger partial charge in [0.25, 0.3) is 5.91 Å². The first-order valence-corrected chi connectivity index (χ1v) is 8.57. The van der Waals surface area contributed by atoms with E-state index in [2.05, 4.69) is 26.7 Å². The highest BCUT2D eigenvalue weighted by molar-refractivity contribution is 5.95. The Bertz CT molecular complexity index is 742. The van der Waals surface area contributed by atoms with Gasteiger partial charge >= 0.3 is 0 Å². The number of hydrogen-bond donors (Lipinski definition) is 0. The van der Waals surface area contributed by atoms with Gasteiger partial charge in [0.2, 0.25) is 0 Å². The quantitative estimate of drug-likeness (QED) is 0.838. The van der Waals surface area contributed by atoms with Gasteiger partial charge in [0.15, 0.2) is 5.82 Å². The molecule has 7 nitrogen and oxygen atoms in total. The zero-order chi connectivity index (χ0) is 16.7. The van der Waals surface area contributed by atoms with Crippen molar-refractivity contribution in [3.05, 3.63) is 35.3 Å². The average Bonchev–Trinajstić information content (AvgIpc) is 3.20. The molecule has 0 saturated carbocycles. The van der Waals surface area contributed by atoms with Crippen molar-refractivity contribution in [2.45, 2.75) is 38.8 Å². The Labute approximate surface area is 141 Å². The van der Waals surface area contributed by atoms with E-state index in [0.717, 1.165) is 44.1 Å². The van der Waals surface area contributed by atoms with Crippen LogP contribution in [0.5, 0.6) is 0 Å². The van der Waals surface area contributed by atoms with Crippen LogP contribution in [0.15, 0.2) is 16.7 Å². The molecule has 0 unspecified atom stereocenters. The number of nitrogens with zero attached hydrogens (tertiary/aromatic N) is 5. The molecule has 4 heterocycles. The van der Waals surface area contributed by atoms with Crippen molar-refractivity contribution in [1.82, 2.24) is 24.6 Å². The summed E-state index contributed by atoms with van der Waals surface area (Å²) in [6, 6.07) is 1.74. The van der Waals surface area contributed by atoms with Crippen LogP contribution in [0.3, 0.4) is 0 Å². The number of piperidine rings is 1. The number of carbonyl (C=O) groups excluding carboxylic acids is 1. The van der Waals surface area contributed by atoms with Crippen LogP contribution in [-0.4, -0.2) is 57.2 Å². The summed E-state index contributed by atoms with van der Waals surface area (Å²) in [6.07, 6.45) is 3.82. The number of rotatable bonds is 2. The summed E-state index contributed by atoms with van der Waals surface area (Å²) in [5.74, 6) is 3.16. The number of aryl methyl sites for hydroxylation is 1. The van der Waals surface area contributed by atoms with Crippen molar-refractivity contribution in [2.24, 2.45) is 0 Å². The predicted molar refractivity (Wildman–Crippen MR) is 87.7 cm³/mol. The molecule has 0 N–H and O–H groups in total. The van der Waals surface area contributed by atoms with Crippen molar-refractivity contribution in [2.75, 3.05) is 26.7 Å². The Morgan fingerprint density at radius 3 is 2.71 bits per heavy atom. The van der Waals surface area contributed by atoms with Gasteiger partial charge in [-0.2, -0.15) is 0 Å². The van der Waals surface area contributed by atoms with Crippen molar-refractivity contribution < 1.29 is 9.21 Å². The molecule has 2 aromatic rings. The highest BCUT2D eigenvalue weighted by Gasteiger charge is 2.30. The van der Waals surface area contributed by atoms with Gasteiger partial charge in [0, 0.05) is 19.0 Å². The van der Waals surface area contributed by atoms with Gasteiger partial charge in [-0.15, -0.1) is 10.2 Å². The maximum atomic E-state index is 12.6. The van der Waals surface area contributed by atoms with Crippen LogP contribution < -0.4 is 0 Å². The molecule has 7 heteroatoms. The molecule has 1 saturated heterocycles. The smallest absolute Gasteiger partial charge is 0.257 e. The van der Waals surface area contributed by atoms with E-state index in [1.807, 2.05) is 11.8 Å². The molecule has 0 aliphatic carbocycles. The summed E-state index contributed by atoms with van der Waals surface area (Å²) in [5.41, 5.74) is 0.638. The summed E-state index contributed by atoms with van der Waals surface area (Å²) in [5, 5.41) is 8.83. The molecule has 0 radical (unpaired) electrons. The lowest BCUT2D eigenvalue weighted by molar-refractivity contribution is 0.0703. The van der Waals surface area contributed by atoms with Gasteiger partial charge in [-0.05, 0) is 46.0 Å². The molecule has 2 aliphatic rings. The molecule has 24 heavy (non-hydrogen) atoms. The van der Waals surface area contributed by atoms with E-state index in [1.165, 1.54) is 0 Å². The minimum Gasteiger partial charge on any atom is -0.469 e. The molecule has 2 aliphatic heterocycles. The van der Waals surface area contributed by atoms with Crippen LogP contribution in [0.4, 0.5) is 0 Å². The second-order valence-electron chi connectivity index (χ2n) is 6.82. The van der Waals surface area contributed by atoms with Gasteiger partial charge in [-0.25, -0.2) is 0 Å². The molecule has 0 aromatic carbocycles. The molecular weight excluding hydrogens is 306 g/mol. The molecule has 0 bridgehead atoms. The first-order valence-electron chi connectivity index (χ1n) is 8.57. The number of carbonyl (C=O) groups is 1. The number of amides is 1. The average molecular weight is 329 g/mol. The largest absolute Gasteiger partial charge is 0.469 e. The monoisotopic (exact) mass is 329 g/mol. The van der Waals surface area contributed by atoms with E-state index in [4.69, 9.17) is 4.42 Å². The standard InChI is InChI=1S/C17H23N5O2/c1-12-14(5-10-24-12)17(23)21-8-9-22-15(11-21)18-19-16(22)13-3-6-20(2)7-4-13/h5,10,13H,3-4,6-9,11H2,1-2H3. The Hall–Kier alpha value is -2.15. The SMILES string of the molecule is Cc1occc1C(=O)N1CCn2c(nnc2C2CCN(C)CC2)C1. The Balaban J connectivity index is 1.51. The second kappa shape index (κ2) is 6.05. The van der Waals surface area contributed by atoms with E-state index < -0.39 is 0 Å². The number of aromatic nitrogens is 3. The summed E-state index contributed by atoms with van der Waals surface area (Å²) in [7, 11) is 2.16. The van der Waals surface area contributed by atoms with E-state index in [9.17, 15) is 4.79 Å². The third-order valence-corrected chi connectivity index (χ3v) is 5.24. The minimum absolute atomic E-state index is 0.0105. The lowest BCUT2D eigenvalue weighted by Gasteiger charge is -2.31. The van der Waals surface area contributed by atoms with Crippen LogP contribution in [-0.2, 0) is 13.1 Å². The first-order chi connectivity index (χ1) is 11.6. The third kappa shape index (κ3) is 2.62. The van der Waals surface area contributed by atoms with Crippen molar-refractivity contribution >= 4 is 5.91 Å². The lowest BCUT2D eigenvalue weighted by Crippen LogP contribution is -2.39. The number of fused-ring (bicyclic) bond motifs is 1. The Kier molecular flexibility index (Phi) is 3.88. The van der Waals surface area contributed by atoms with Crippen LogP contribution >= 0.6 is 0 Å². The number of likely N-dealkylation sites (tertiary alicyclic amines) is 1. The summed E-state index contributed by atoms with van der Waals surface area (Å²) in [4.78, 5) is 16.8. The molecule has 1 fully saturated rings. The topological polar surface area (TPSA) is 67.4 Å². The normalized spacial score (nSPS) is 19.5. The fraction of sp³-hybridized carbons (Fsp3) is 0.588. The predicted octanol–water partition coefficient (Wildman–Crippen LogP) is 1.64. The van der Waals surface area contributed by atoms with Gasteiger partial charge in [-0.1, -0.05) is 0 Å². The van der Waals surface area contributed by atoms with Gasteiger partial charge in [-0.3, -0.25) is 4.79 Å². The van der Waals surface area contributed by atoms with Crippen LogP contribution in [0.2, 0.25) is 0 Å². The maximum Gasteiger partial charge on any atom is 0.257 e. The molecule has 0 spiro atoms. The molecule has 2 aromatic heterocycles. The number of furan rings is 1. The van der Waals surface area contributed by atoms with Gasteiger partial charge < -0.3 is 18.8 Å². The van der Waals surface area contributed by atoms with E-state index >= 15 is 0 Å². The maximum absolute atomic E-state index is 12.6. The van der Waals surface area contributed by atoms with E-state index in [0.29, 0.717) is 30.3 Å². The second-order valence-corrected chi connectivity index (χ2v) is 6.82.